The Morgan fingerprint density at radius 3 is 2.31 bits per heavy atom. The zero-order chi connectivity index (χ0) is 39.2. The zero-order valence-electron chi connectivity index (χ0n) is 31.8. The van der Waals surface area contributed by atoms with Crippen molar-refractivity contribution in [3.63, 3.8) is 0 Å². The number of alkyl carbamates (subject to hydrolysis) is 1. The standard InChI is InChI=1S/C41H52N6O7/c1-23(2)44-37(49)29-15-16-31(24(3)17-29)27-11-7-25(8-12-27)18-35(38(50)45-30-19-32(39(51)52)33-22-43-47-34(33)20-30)46-36(48)28-13-9-26(10-14-28)21-42-40(53)54-41(4,5)6/h7-8,11-12,15-17,19-20,22-23,26,28,35-36,46,48H,9-10,13-14,18,21H2,1-6H3,(H,42,53)(H,43,47)(H,44,49)(H,45,50)(H,51,52). The number of benzene rings is 3. The molecule has 3 aromatic carbocycles. The van der Waals surface area contributed by atoms with Crippen LogP contribution in [0.25, 0.3) is 22.0 Å². The molecule has 3 amide bonds. The summed E-state index contributed by atoms with van der Waals surface area (Å²) in [6.07, 6.45) is 3.22. The number of H-pyrrole nitrogens is 1. The number of rotatable bonds is 13. The Hall–Kier alpha value is -5.27. The summed E-state index contributed by atoms with van der Waals surface area (Å²) in [7, 11) is 0. The Labute approximate surface area is 315 Å². The van der Waals surface area contributed by atoms with Crippen molar-refractivity contribution in [1.29, 1.82) is 0 Å². The fourth-order valence-corrected chi connectivity index (χ4v) is 6.88. The first-order valence-electron chi connectivity index (χ1n) is 18.5. The number of aromatic amines is 1. The first-order valence-corrected chi connectivity index (χ1v) is 18.5. The number of anilines is 1. The van der Waals surface area contributed by atoms with E-state index in [1.807, 2.05) is 77.9 Å². The van der Waals surface area contributed by atoms with E-state index in [0.717, 1.165) is 35.1 Å². The van der Waals surface area contributed by atoms with E-state index in [4.69, 9.17) is 4.74 Å². The van der Waals surface area contributed by atoms with Crippen LogP contribution in [0, 0.1) is 18.8 Å². The molecule has 0 saturated heterocycles. The van der Waals surface area contributed by atoms with Gasteiger partial charge in [-0.25, -0.2) is 9.59 Å². The summed E-state index contributed by atoms with van der Waals surface area (Å²) in [4.78, 5) is 50.6. The van der Waals surface area contributed by atoms with Gasteiger partial charge in [0.2, 0.25) is 5.91 Å². The third-order valence-electron chi connectivity index (χ3n) is 9.63. The minimum absolute atomic E-state index is 0.00141. The van der Waals surface area contributed by atoms with Crippen LogP contribution in [0.3, 0.4) is 0 Å². The highest BCUT2D eigenvalue weighted by Gasteiger charge is 2.31. The van der Waals surface area contributed by atoms with Crippen LogP contribution < -0.4 is 21.3 Å². The molecular weight excluding hydrogens is 688 g/mol. The number of fused-ring (bicyclic) bond motifs is 1. The molecule has 0 radical (unpaired) electrons. The average molecular weight is 741 g/mol. The molecule has 0 aliphatic heterocycles. The number of hydrogen-bond donors (Lipinski definition) is 7. The molecule has 4 aromatic rings. The van der Waals surface area contributed by atoms with Crippen molar-refractivity contribution in [2.24, 2.45) is 11.8 Å². The zero-order valence-corrected chi connectivity index (χ0v) is 31.8. The second kappa shape index (κ2) is 17.3. The van der Waals surface area contributed by atoms with Crippen molar-refractivity contribution >= 4 is 40.5 Å². The number of carboxylic acids is 1. The summed E-state index contributed by atoms with van der Waals surface area (Å²) in [6.45, 7) is 11.7. The normalized spacial score (nSPS) is 17.1. The van der Waals surface area contributed by atoms with E-state index in [-0.39, 0.29) is 41.5 Å². The largest absolute Gasteiger partial charge is 0.478 e. The quantitative estimate of drug-likeness (QED) is 0.0786. The van der Waals surface area contributed by atoms with Crippen LogP contribution in [0.15, 0.2) is 60.8 Å². The highest BCUT2D eigenvalue weighted by molar-refractivity contribution is 6.06. The summed E-state index contributed by atoms with van der Waals surface area (Å²) in [5.41, 5.74) is 4.48. The van der Waals surface area contributed by atoms with Gasteiger partial charge in [-0.05, 0) is 132 Å². The first kappa shape index (κ1) is 39.9. The summed E-state index contributed by atoms with van der Waals surface area (Å²) >= 11 is 0. The summed E-state index contributed by atoms with van der Waals surface area (Å²) in [5, 5.41) is 40.2. The van der Waals surface area contributed by atoms with Crippen molar-refractivity contribution in [2.75, 3.05) is 11.9 Å². The highest BCUT2D eigenvalue weighted by atomic mass is 16.6. The molecule has 1 aliphatic carbocycles. The number of carboxylic acid groups (broad SMARTS) is 1. The number of aryl methyl sites for hydroxylation is 1. The molecule has 1 aromatic heterocycles. The number of aromatic carboxylic acids is 1. The Bertz CT molecular complexity index is 1960. The van der Waals surface area contributed by atoms with Gasteiger partial charge in [0.05, 0.1) is 23.3 Å². The lowest BCUT2D eigenvalue weighted by molar-refractivity contribution is -0.119. The molecule has 1 aliphatic rings. The molecular formula is C41H52N6O7. The van der Waals surface area contributed by atoms with E-state index in [0.29, 0.717) is 35.9 Å². The van der Waals surface area contributed by atoms with Gasteiger partial charge in [-0.2, -0.15) is 5.10 Å². The molecule has 7 N–H and O–H groups in total. The minimum Gasteiger partial charge on any atom is -0.478 e. The van der Waals surface area contributed by atoms with E-state index in [2.05, 4.69) is 31.5 Å². The van der Waals surface area contributed by atoms with Gasteiger partial charge >= 0.3 is 12.1 Å². The average Bonchev–Trinajstić information content (AvgIpc) is 3.58. The Morgan fingerprint density at radius 1 is 0.981 bits per heavy atom. The topological polar surface area (TPSA) is 195 Å². The summed E-state index contributed by atoms with van der Waals surface area (Å²) in [5.74, 6) is -1.58. The predicted octanol–water partition coefficient (Wildman–Crippen LogP) is 6.16. The third kappa shape index (κ3) is 10.7. The number of aliphatic hydroxyl groups is 1. The van der Waals surface area contributed by atoms with Gasteiger partial charge in [0.15, 0.2) is 0 Å². The van der Waals surface area contributed by atoms with Crippen molar-refractivity contribution < 1.29 is 34.1 Å². The van der Waals surface area contributed by atoms with E-state index < -0.39 is 35.8 Å². The number of amides is 3. The second-order valence-corrected chi connectivity index (χ2v) is 15.5. The molecule has 288 valence electrons. The van der Waals surface area contributed by atoms with Crippen LogP contribution in [0.2, 0.25) is 0 Å². The number of ether oxygens (including phenoxy) is 1. The number of nitrogens with zero attached hydrogens (tertiary/aromatic N) is 1. The van der Waals surface area contributed by atoms with Gasteiger partial charge in [0.1, 0.15) is 11.8 Å². The molecule has 54 heavy (non-hydrogen) atoms. The van der Waals surface area contributed by atoms with Crippen LogP contribution in [0.4, 0.5) is 10.5 Å². The van der Waals surface area contributed by atoms with E-state index in [1.165, 1.54) is 12.3 Å². The van der Waals surface area contributed by atoms with Crippen LogP contribution in [0.1, 0.15) is 92.1 Å². The lowest BCUT2D eigenvalue weighted by Crippen LogP contribution is -2.50. The van der Waals surface area contributed by atoms with Gasteiger partial charge in [-0.3, -0.25) is 20.0 Å². The highest BCUT2D eigenvalue weighted by Crippen LogP contribution is 2.31. The Morgan fingerprint density at radius 2 is 1.69 bits per heavy atom. The maximum absolute atomic E-state index is 13.9. The summed E-state index contributed by atoms with van der Waals surface area (Å²) < 4.78 is 5.35. The number of aromatic nitrogens is 2. The third-order valence-corrected chi connectivity index (χ3v) is 9.63. The minimum atomic E-state index is -1.15. The molecule has 2 atom stereocenters. The molecule has 13 nitrogen and oxygen atoms in total. The maximum Gasteiger partial charge on any atom is 0.407 e. The van der Waals surface area contributed by atoms with Gasteiger partial charge < -0.3 is 30.9 Å². The van der Waals surface area contributed by atoms with Gasteiger partial charge in [0.25, 0.3) is 5.91 Å². The van der Waals surface area contributed by atoms with Crippen LogP contribution in [0.5, 0.6) is 0 Å². The van der Waals surface area contributed by atoms with Crippen LogP contribution in [-0.2, 0) is 16.0 Å². The lowest BCUT2D eigenvalue weighted by atomic mass is 9.81. The molecule has 2 unspecified atom stereocenters. The van der Waals surface area contributed by atoms with E-state index in [1.54, 1.807) is 12.1 Å². The number of carbonyl (C=O) groups excluding carboxylic acids is 3. The van der Waals surface area contributed by atoms with Crippen LogP contribution in [-0.4, -0.2) is 74.7 Å². The van der Waals surface area contributed by atoms with Crippen molar-refractivity contribution in [2.45, 2.75) is 97.6 Å². The molecule has 1 saturated carbocycles. The molecule has 1 fully saturated rings. The van der Waals surface area contributed by atoms with Crippen LogP contribution >= 0.6 is 0 Å². The molecule has 13 heteroatoms. The summed E-state index contributed by atoms with van der Waals surface area (Å²) in [6, 6.07) is 15.6. The number of carbonyl (C=O) groups is 4. The monoisotopic (exact) mass is 740 g/mol. The Kier molecular flexibility index (Phi) is 12.8. The fraction of sp³-hybridized carbons (Fsp3) is 0.439. The molecule has 0 spiro atoms. The van der Waals surface area contributed by atoms with E-state index >= 15 is 0 Å². The smallest absolute Gasteiger partial charge is 0.407 e. The van der Waals surface area contributed by atoms with Crippen molar-refractivity contribution in [3.05, 3.63) is 83.0 Å². The number of nitrogens with one attached hydrogen (secondary N) is 5. The number of hydrogen-bond acceptors (Lipinski definition) is 8. The predicted molar refractivity (Wildman–Crippen MR) is 207 cm³/mol. The maximum atomic E-state index is 13.9. The second-order valence-electron chi connectivity index (χ2n) is 15.5. The van der Waals surface area contributed by atoms with Gasteiger partial charge in [-0.1, -0.05) is 30.3 Å². The molecule has 0 bridgehead atoms. The Balaban J connectivity index is 1.29. The number of aliphatic hydroxyl groups excluding tert-OH is 1. The van der Waals surface area contributed by atoms with Crippen molar-refractivity contribution in [3.8, 4) is 11.1 Å². The SMILES string of the molecule is Cc1cc(C(=O)NC(C)C)ccc1-c1ccc(CC(NC(O)C2CCC(CNC(=O)OC(C)(C)C)CC2)C(=O)Nc2cc(C(=O)O)c3cn[nH]c3c2)cc1. The molecule has 1 heterocycles. The fourth-order valence-electron chi connectivity index (χ4n) is 6.88. The van der Waals surface area contributed by atoms with Crippen molar-refractivity contribution in [1.82, 2.24) is 26.1 Å². The van der Waals surface area contributed by atoms with Gasteiger partial charge in [-0.15, -0.1) is 0 Å². The first-order chi connectivity index (χ1) is 25.6. The van der Waals surface area contributed by atoms with Gasteiger partial charge in [0, 0.05) is 29.2 Å². The van der Waals surface area contributed by atoms with E-state index in [9.17, 15) is 29.4 Å². The lowest BCUT2D eigenvalue weighted by Gasteiger charge is -2.33. The molecule has 5 rings (SSSR count).